The van der Waals surface area contributed by atoms with E-state index in [-0.39, 0.29) is 30.5 Å². The van der Waals surface area contributed by atoms with E-state index in [4.69, 9.17) is 12.2 Å². The van der Waals surface area contributed by atoms with Crippen LogP contribution in [-0.4, -0.2) is 32.5 Å². The predicted octanol–water partition coefficient (Wildman–Crippen LogP) is 4.13. The summed E-state index contributed by atoms with van der Waals surface area (Å²) < 4.78 is 0.356. The molecule has 29 heavy (non-hydrogen) atoms. The van der Waals surface area contributed by atoms with Crippen molar-refractivity contribution >= 4 is 57.6 Å². The molecule has 1 aliphatic rings. The van der Waals surface area contributed by atoms with Gasteiger partial charge < -0.3 is 5.32 Å². The molecule has 3 rings (SSSR count). The van der Waals surface area contributed by atoms with Crippen LogP contribution in [0, 0.1) is 17.0 Å². The number of nitrogens with one attached hydrogen (secondary N) is 1. The Morgan fingerprint density at radius 3 is 2.69 bits per heavy atom. The van der Waals surface area contributed by atoms with Crippen molar-refractivity contribution in [2.45, 2.75) is 13.3 Å². The van der Waals surface area contributed by atoms with Crippen molar-refractivity contribution in [3.63, 3.8) is 0 Å². The summed E-state index contributed by atoms with van der Waals surface area (Å²) >= 11 is 6.38. The molecule has 1 aliphatic heterocycles. The molecule has 0 spiro atoms. The average molecular weight is 428 g/mol. The van der Waals surface area contributed by atoms with Gasteiger partial charge in [-0.1, -0.05) is 53.8 Å². The van der Waals surface area contributed by atoms with E-state index in [0.717, 1.165) is 17.3 Å². The number of benzene rings is 2. The molecule has 0 saturated carbocycles. The topological polar surface area (TPSA) is 92.6 Å². The Kier molecular flexibility index (Phi) is 6.40. The molecule has 0 aliphatic carbocycles. The van der Waals surface area contributed by atoms with E-state index in [2.05, 4.69) is 5.32 Å². The van der Waals surface area contributed by atoms with Gasteiger partial charge in [0.05, 0.1) is 9.83 Å². The van der Waals surface area contributed by atoms with Gasteiger partial charge in [-0.3, -0.25) is 24.6 Å². The maximum atomic E-state index is 12.6. The van der Waals surface area contributed by atoms with Crippen molar-refractivity contribution < 1.29 is 14.5 Å². The fourth-order valence-electron chi connectivity index (χ4n) is 2.65. The van der Waals surface area contributed by atoms with Crippen LogP contribution < -0.4 is 5.32 Å². The minimum Gasteiger partial charge on any atom is -0.326 e. The molecule has 1 fully saturated rings. The van der Waals surface area contributed by atoms with Crippen molar-refractivity contribution in [1.82, 2.24) is 4.90 Å². The second kappa shape index (κ2) is 8.97. The Hall–Kier alpha value is -3.04. The molecule has 2 aromatic rings. The molecule has 9 heteroatoms. The highest BCUT2D eigenvalue weighted by Crippen LogP contribution is 2.33. The number of nitrogens with zero attached hydrogens (tertiary/aromatic N) is 2. The molecule has 2 amide bonds. The lowest BCUT2D eigenvalue weighted by Gasteiger charge is -2.14. The average Bonchev–Trinajstić information content (AvgIpc) is 2.95. The van der Waals surface area contributed by atoms with Crippen LogP contribution >= 0.6 is 24.0 Å². The number of anilines is 1. The number of hydrogen-bond donors (Lipinski definition) is 1. The van der Waals surface area contributed by atoms with Crippen LogP contribution in [0.5, 0.6) is 0 Å². The quantitative estimate of drug-likeness (QED) is 0.322. The third-order valence-corrected chi connectivity index (χ3v) is 5.53. The molecular weight excluding hydrogens is 410 g/mol. The van der Waals surface area contributed by atoms with Crippen molar-refractivity contribution in [1.29, 1.82) is 0 Å². The molecular formula is C20H17N3O4S2. The second-order valence-corrected chi connectivity index (χ2v) is 8.03. The van der Waals surface area contributed by atoms with Crippen molar-refractivity contribution in [3.8, 4) is 0 Å². The number of carbonyl (C=O) groups excluding carboxylic acids is 2. The Labute approximate surface area is 176 Å². The van der Waals surface area contributed by atoms with Gasteiger partial charge in [-0.05, 0) is 30.7 Å². The van der Waals surface area contributed by atoms with Gasteiger partial charge in [-0.2, -0.15) is 0 Å². The maximum Gasteiger partial charge on any atom is 0.270 e. The SMILES string of the molecule is Cc1ccc(NC(=O)CCN2C(=O)/C(=C/c3cccc([N+](=O)[O-])c3)SC2=S)cc1. The summed E-state index contributed by atoms with van der Waals surface area (Å²) in [4.78, 5) is 36.9. The number of thioether (sulfide) groups is 1. The van der Waals surface area contributed by atoms with Crippen LogP contribution in [0.1, 0.15) is 17.5 Å². The Morgan fingerprint density at radius 2 is 2.00 bits per heavy atom. The van der Waals surface area contributed by atoms with Gasteiger partial charge in [0.2, 0.25) is 5.91 Å². The van der Waals surface area contributed by atoms with Crippen LogP contribution in [-0.2, 0) is 9.59 Å². The molecule has 0 aromatic heterocycles. The maximum absolute atomic E-state index is 12.6. The summed E-state index contributed by atoms with van der Waals surface area (Å²) in [6.07, 6.45) is 1.67. The number of hydrogen-bond acceptors (Lipinski definition) is 6. The highest BCUT2D eigenvalue weighted by atomic mass is 32.2. The first-order valence-electron chi connectivity index (χ1n) is 8.70. The molecule has 148 valence electrons. The smallest absolute Gasteiger partial charge is 0.270 e. The van der Waals surface area contributed by atoms with Crippen LogP contribution in [0.2, 0.25) is 0 Å². The normalized spacial score (nSPS) is 15.1. The van der Waals surface area contributed by atoms with Crippen LogP contribution in [0.4, 0.5) is 11.4 Å². The third kappa shape index (κ3) is 5.27. The summed E-state index contributed by atoms with van der Waals surface area (Å²) in [6, 6.07) is 13.4. The summed E-state index contributed by atoms with van der Waals surface area (Å²) in [5, 5.41) is 13.7. The van der Waals surface area contributed by atoms with E-state index in [9.17, 15) is 19.7 Å². The summed E-state index contributed by atoms with van der Waals surface area (Å²) in [5.41, 5.74) is 2.27. The Morgan fingerprint density at radius 1 is 1.28 bits per heavy atom. The molecule has 0 radical (unpaired) electrons. The summed E-state index contributed by atoms with van der Waals surface area (Å²) in [5.74, 6) is -0.528. The van der Waals surface area contributed by atoms with Gasteiger partial charge in [-0.15, -0.1) is 0 Å². The number of nitro benzene ring substituents is 1. The molecule has 1 saturated heterocycles. The second-order valence-electron chi connectivity index (χ2n) is 6.35. The number of aryl methyl sites for hydroxylation is 1. The fourth-order valence-corrected chi connectivity index (χ4v) is 3.95. The standard InChI is InChI=1S/C20H17N3O4S2/c1-13-5-7-15(8-6-13)21-18(24)9-10-22-19(25)17(29-20(22)28)12-14-3-2-4-16(11-14)23(26)27/h2-8,11-12H,9-10H2,1H3,(H,21,24)/b17-12-. The first kappa shape index (κ1) is 20.7. The highest BCUT2D eigenvalue weighted by molar-refractivity contribution is 8.26. The van der Waals surface area contributed by atoms with Gasteiger partial charge in [0.1, 0.15) is 4.32 Å². The molecule has 2 aromatic carbocycles. The van der Waals surface area contributed by atoms with Gasteiger partial charge in [-0.25, -0.2) is 0 Å². The third-order valence-electron chi connectivity index (χ3n) is 4.15. The number of carbonyl (C=O) groups is 2. The zero-order valence-corrected chi connectivity index (χ0v) is 17.1. The zero-order valence-electron chi connectivity index (χ0n) is 15.5. The lowest BCUT2D eigenvalue weighted by molar-refractivity contribution is -0.384. The number of amides is 2. The molecule has 0 unspecified atom stereocenters. The van der Waals surface area contributed by atoms with Crippen molar-refractivity contribution in [2.24, 2.45) is 0 Å². The summed E-state index contributed by atoms with van der Waals surface area (Å²) in [6.45, 7) is 2.12. The van der Waals surface area contributed by atoms with E-state index >= 15 is 0 Å². The molecule has 0 atom stereocenters. The predicted molar refractivity (Wildman–Crippen MR) is 117 cm³/mol. The molecule has 1 N–H and O–H groups in total. The molecule has 0 bridgehead atoms. The number of nitro groups is 1. The Bertz CT molecular complexity index is 1020. The van der Waals surface area contributed by atoms with Crippen LogP contribution in [0.15, 0.2) is 53.4 Å². The largest absolute Gasteiger partial charge is 0.326 e. The number of rotatable bonds is 6. The van der Waals surface area contributed by atoms with E-state index in [1.165, 1.54) is 17.0 Å². The van der Waals surface area contributed by atoms with E-state index in [0.29, 0.717) is 20.5 Å². The van der Waals surface area contributed by atoms with Gasteiger partial charge in [0.25, 0.3) is 11.6 Å². The van der Waals surface area contributed by atoms with Crippen molar-refractivity contribution in [3.05, 3.63) is 74.7 Å². The minimum absolute atomic E-state index is 0.0537. The Balaban J connectivity index is 1.63. The van der Waals surface area contributed by atoms with Crippen LogP contribution in [0.25, 0.3) is 6.08 Å². The lowest BCUT2D eigenvalue weighted by atomic mass is 10.2. The number of thiocarbonyl (C=S) groups is 1. The first-order chi connectivity index (χ1) is 13.8. The minimum atomic E-state index is -0.491. The van der Waals surface area contributed by atoms with E-state index in [1.54, 1.807) is 18.2 Å². The van der Waals surface area contributed by atoms with Gasteiger partial charge in [0.15, 0.2) is 0 Å². The van der Waals surface area contributed by atoms with E-state index in [1.807, 2.05) is 31.2 Å². The fraction of sp³-hybridized carbons (Fsp3) is 0.150. The molecule has 7 nitrogen and oxygen atoms in total. The van der Waals surface area contributed by atoms with E-state index < -0.39 is 4.92 Å². The number of non-ortho nitro benzene ring substituents is 1. The van der Waals surface area contributed by atoms with Crippen molar-refractivity contribution in [2.75, 3.05) is 11.9 Å². The zero-order chi connectivity index (χ0) is 21.0. The first-order valence-corrected chi connectivity index (χ1v) is 9.92. The van der Waals surface area contributed by atoms with Crippen LogP contribution in [0.3, 0.4) is 0 Å². The monoisotopic (exact) mass is 427 g/mol. The van der Waals surface area contributed by atoms with Gasteiger partial charge >= 0.3 is 0 Å². The lowest BCUT2D eigenvalue weighted by Crippen LogP contribution is -2.31. The highest BCUT2D eigenvalue weighted by Gasteiger charge is 2.32. The van der Waals surface area contributed by atoms with Gasteiger partial charge in [0, 0.05) is 30.8 Å². The molecule has 1 heterocycles. The summed E-state index contributed by atoms with van der Waals surface area (Å²) in [7, 11) is 0.